The molecule has 6 N–H and O–H groups in total. The number of aromatic nitrogens is 2. The van der Waals surface area contributed by atoms with Crippen molar-refractivity contribution in [3.63, 3.8) is 0 Å². The molecule has 0 saturated carbocycles. The summed E-state index contributed by atoms with van der Waals surface area (Å²) in [5, 5.41) is 21.1. The first-order valence-electron chi connectivity index (χ1n) is 10.8. The highest BCUT2D eigenvalue weighted by atomic mass is 32.2. The number of hydrogen-bond donors (Lipinski definition) is 6. The van der Waals surface area contributed by atoms with Crippen molar-refractivity contribution < 1.29 is 50.2 Å². The summed E-state index contributed by atoms with van der Waals surface area (Å²) in [5.74, 6) is -1.80. The Morgan fingerprint density at radius 1 is 1.00 bits per heavy atom. The van der Waals surface area contributed by atoms with Crippen molar-refractivity contribution >= 4 is 77.2 Å². The molecule has 0 aliphatic carbocycles. The Labute approximate surface area is 233 Å². The Bertz CT molecular complexity index is 2000. The molecule has 0 radical (unpaired) electrons. The van der Waals surface area contributed by atoms with Crippen molar-refractivity contribution in [2.75, 3.05) is 5.32 Å². The number of azo groups is 1. The van der Waals surface area contributed by atoms with E-state index in [1.165, 1.54) is 18.2 Å². The summed E-state index contributed by atoms with van der Waals surface area (Å²) >= 11 is 0.281. The fourth-order valence-corrected chi connectivity index (χ4v) is 5.51. The van der Waals surface area contributed by atoms with E-state index in [0.717, 1.165) is 25.1 Å². The molecule has 41 heavy (non-hydrogen) atoms. The number of amides is 1. The average Bonchev–Trinajstić information content (AvgIpc) is 3.24. The molecule has 0 aliphatic heterocycles. The van der Waals surface area contributed by atoms with Gasteiger partial charge in [-0.3, -0.25) is 18.7 Å². The number of hydrogen-bond acceptors (Lipinski definition) is 13. The maximum absolute atomic E-state index is 12.9. The number of carbonyl (C=O) groups excluding carboxylic acids is 2. The summed E-state index contributed by atoms with van der Waals surface area (Å²) < 4.78 is 71.9. The average molecular weight is 628 g/mol. The zero-order valence-corrected chi connectivity index (χ0v) is 22.7. The number of fused-ring (bicyclic) bond motifs is 2. The van der Waals surface area contributed by atoms with Crippen molar-refractivity contribution in [2.24, 2.45) is 10.2 Å². The van der Waals surface area contributed by atoms with Crippen LogP contribution in [0.5, 0.6) is 0 Å². The van der Waals surface area contributed by atoms with Gasteiger partial charge in [-0.1, -0.05) is 5.04 Å². The Hall–Kier alpha value is -4.02. The van der Waals surface area contributed by atoms with E-state index in [1.54, 1.807) is 0 Å². The summed E-state index contributed by atoms with van der Waals surface area (Å²) in [4.78, 5) is 39.9. The number of ketones is 1. The molecular weight excluding hydrogens is 610 g/mol. The molecule has 216 valence electrons. The fraction of sp³-hybridized carbons (Fsp3) is 0.0952. The zero-order valence-electron chi connectivity index (χ0n) is 20.3. The third-order valence-corrected chi connectivity index (χ3v) is 7.64. The molecule has 0 bridgehead atoms. The number of aromatic amines is 2. The first kappa shape index (κ1) is 30.0. The second-order valence-corrected chi connectivity index (χ2v) is 11.8. The van der Waals surface area contributed by atoms with Crippen LogP contribution in [-0.2, 0) is 39.2 Å². The van der Waals surface area contributed by atoms with Crippen LogP contribution in [0.15, 0.2) is 72.2 Å². The lowest BCUT2D eigenvalue weighted by molar-refractivity contribution is -0.432. The third-order valence-electron chi connectivity index (χ3n) is 5.37. The fourth-order valence-electron chi connectivity index (χ4n) is 3.69. The van der Waals surface area contributed by atoms with Crippen LogP contribution in [-0.4, -0.2) is 58.9 Å². The number of Topliss-reactive ketones (excluding diaryl/α,β-unsaturated/α-hetero) is 1. The van der Waals surface area contributed by atoms with Gasteiger partial charge in [0.1, 0.15) is 4.90 Å². The molecule has 1 amide bonds. The summed E-state index contributed by atoms with van der Waals surface area (Å²) in [5.41, 5.74) is -0.0705. The molecule has 1 aromatic heterocycles. The van der Waals surface area contributed by atoms with E-state index in [9.17, 15) is 40.3 Å². The minimum Gasteiger partial charge on any atom is -0.324 e. The van der Waals surface area contributed by atoms with Crippen LogP contribution in [0.3, 0.4) is 0 Å². The normalized spacial score (nSPS) is 13.2. The molecule has 0 spiro atoms. The highest BCUT2D eigenvalue weighted by molar-refractivity contribution is 7.94. The highest BCUT2D eigenvalue weighted by Crippen LogP contribution is 2.38. The molecule has 0 fully saturated rings. The van der Waals surface area contributed by atoms with E-state index in [2.05, 4.69) is 34.9 Å². The molecule has 3 aromatic carbocycles. The molecule has 17 nitrogen and oxygen atoms in total. The van der Waals surface area contributed by atoms with Crippen molar-refractivity contribution in [2.45, 2.75) is 27.7 Å². The van der Waals surface area contributed by atoms with E-state index in [-0.39, 0.29) is 28.0 Å². The van der Waals surface area contributed by atoms with E-state index >= 15 is 0 Å². The van der Waals surface area contributed by atoms with Gasteiger partial charge in [-0.25, -0.2) is 10.1 Å². The number of nitrogens with zero attached hydrogens (tertiary/aromatic N) is 2. The number of carbonyl (C=O) groups is 2. The molecule has 0 saturated heterocycles. The molecule has 20 heteroatoms. The maximum Gasteiger partial charge on any atom is 0.323 e. The number of rotatable bonds is 10. The number of anilines is 1. The van der Waals surface area contributed by atoms with Crippen molar-refractivity contribution in [1.29, 1.82) is 0 Å². The molecule has 1 atom stereocenters. The van der Waals surface area contributed by atoms with E-state index in [0.29, 0.717) is 17.1 Å². The van der Waals surface area contributed by atoms with Crippen LogP contribution in [0, 0.1) is 0 Å². The number of benzene rings is 3. The smallest absolute Gasteiger partial charge is 0.323 e. The first-order valence-corrected chi connectivity index (χ1v) is 14.5. The van der Waals surface area contributed by atoms with Gasteiger partial charge in [0.05, 0.1) is 33.7 Å². The largest absolute Gasteiger partial charge is 0.324 e. The van der Waals surface area contributed by atoms with Gasteiger partial charge in [0.2, 0.25) is 6.04 Å². The van der Waals surface area contributed by atoms with Crippen LogP contribution in [0.2, 0.25) is 0 Å². The van der Waals surface area contributed by atoms with Crippen LogP contribution in [0.1, 0.15) is 6.92 Å². The minimum absolute atomic E-state index is 0.115. The van der Waals surface area contributed by atoms with Gasteiger partial charge in [0.15, 0.2) is 5.78 Å². The molecule has 4 aromatic rings. The lowest BCUT2D eigenvalue weighted by Crippen LogP contribution is -2.31. The Morgan fingerprint density at radius 3 is 2.34 bits per heavy atom. The number of nitrogens with one attached hydrogen (secondary N) is 3. The second-order valence-electron chi connectivity index (χ2n) is 8.20. The minimum atomic E-state index is -5.04. The zero-order chi connectivity index (χ0) is 30.1. The van der Waals surface area contributed by atoms with E-state index < -0.39 is 64.5 Å². The summed E-state index contributed by atoms with van der Waals surface area (Å²) in [6.07, 6.45) is 0. The van der Waals surface area contributed by atoms with E-state index in [1.807, 2.05) is 0 Å². The SMILES string of the molecule is CC(=O)C(N=Nc1cc(S(=O)(=O)O)cc2cc(SOOO)cc(S(=O)(=O)O)c12)C(=O)Nc1ccc2[nH]c(=O)[nH]c2c1. The van der Waals surface area contributed by atoms with Gasteiger partial charge in [-0.15, -0.1) is 4.33 Å². The molecule has 1 unspecified atom stereocenters. The van der Waals surface area contributed by atoms with Gasteiger partial charge in [0.25, 0.3) is 26.1 Å². The van der Waals surface area contributed by atoms with Crippen molar-refractivity contribution in [3.05, 3.63) is 52.9 Å². The number of H-pyrrole nitrogens is 2. The van der Waals surface area contributed by atoms with Crippen molar-refractivity contribution in [3.8, 4) is 0 Å². The number of imidazole rings is 1. The van der Waals surface area contributed by atoms with Gasteiger partial charge in [0, 0.05) is 16.0 Å². The van der Waals surface area contributed by atoms with Gasteiger partial charge in [-0.2, -0.15) is 27.1 Å². The van der Waals surface area contributed by atoms with Gasteiger partial charge < -0.3 is 15.3 Å². The predicted octanol–water partition coefficient (Wildman–Crippen LogP) is 2.61. The highest BCUT2D eigenvalue weighted by Gasteiger charge is 2.26. The summed E-state index contributed by atoms with van der Waals surface area (Å²) in [6, 6.07) is 6.06. The van der Waals surface area contributed by atoms with Crippen LogP contribution < -0.4 is 11.0 Å². The van der Waals surface area contributed by atoms with E-state index in [4.69, 9.17) is 5.26 Å². The standard InChI is InChI=1S/C21H17N5O12S3/c1-9(27)19(20(28)22-11-2-3-14-15(6-11)24-21(29)23-14)26-25-16-8-13(40(31,32)33)5-10-4-12(39-38-37-30)7-17(18(10)16)41(34,35)36/h2-8,19,30H,1H3,(H,22,28)(H2,23,24,29)(H,31,32,33)(H,34,35,36). The quantitative estimate of drug-likeness (QED) is 0.0369. The van der Waals surface area contributed by atoms with Gasteiger partial charge in [-0.05, 0) is 54.8 Å². The Kier molecular flexibility index (Phi) is 8.37. The lowest BCUT2D eigenvalue weighted by atomic mass is 10.1. The van der Waals surface area contributed by atoms with Gasteiger partial charge >= 0.3 is 5.69 Å². The van der Waals surface area contributed by atoms with Crippen molar-refractivity contribution in [1.82, 2.24) is 9.97 Å². The first-order chi connectivity index (χ1) is 19.2. The Balaban J connectivity index is 1.82. The predicted molar refractivity (Wildman–Crippen MR) is 141 cm³/mol. The maximum atomic E-state index is 12.9. The topological polar surface area (TPSA) is 267 Å². The van der Waals surface area contributed by atoms with Crippen LogP contribution >= 0.6 is 12.0 Å². The Morgan fingerprint density at radius 2 is 1.71 bits per heavy atom. The summed E-state index contributed by atoms with van der Waals surface area (Å²) in [6.45, 7) is 1.01. The second kappa shape index (κ2) is 11.5. The third kappa shape index (κ3) is 6.83. The molecular formula is C21H17N5O12S3. The molecule has 4 rings (SSSR count). The van der Waals surface area contributed by atoms with Crippen LogP contribution in [0.4, 0.5) is 11.4 Å². The molecule has 1 heterocycles. The summed E-state index contributed by atoms with van der Waals surface area (Å²) in [7, 11) is -9.95. The molecule has 0 aliphatic rings. The monoisotopic (exact) mass is 627 g/mol. The lowest BCUT2D eigenvalue weighted by Gasteiger charge is -2.12. The van der Waals surface area contributed by atoms with Crippen LogP contribution in [0.25, 0.3) is 21.8 Å².